The van der Waals surface area contributed by atoms with Crippen molar-refractivity contribution in [1.82, 2.24) is 0 Å². The number of halogens is 1. The van der Waals surface area contributed by atoms with Gasteiger partial charge in [-0.05, 0) is 65.4 Å². The van der Waals surface area contributed by atoms with Gasteiger partial charge < -0.3 is 5.11 Å². The third-order valence-electron chi connectivity index (χ3n) is 4.45. The molecule has 0 aliphatic heterocycles. The van der Waals surface area contributed by atoms with E-state index in [0.717, 1.165) is 33.0 Å². The first-order chi connectivity index (χ1) is 11.4. The molecular weight excluding hydrogens is 303 g/mol. The summed E-state index contributed by atoms with van der Waals surface area (Å²) in [5.41, 5.74) is 5.01. The molecule has 0 aliphatic carbocycles. The SMILES string of the molecule is Cc1ccc(Cc2c(C)c(CC(=O)O)cc3ccc(F)cc23)cc1. The zero-order valence-electron chi connectivity index (χ0n) is 13.8. The lowest BCUT2D eigenvalue weighted by molar-refractivity contribution is -0.136. The van der Waals surface area contributed by atoms with E-state index in [1.54, 1.807) is 6.07 Å². The van der Waals surface area contributed by atoms with E-state index in [-0.39, 0.29) is 12.2 Å². The molecule has 3 rings (SSSR count). The highest BCUT2D eigenvalue weighted by atomic mass is 19.1. The normalized spacial score (nSPS) is 11.0. The number of carbonyl (C=O) groups is 1. The van der Waals surface area contributed by atoms with Crippen molar-refractivity contribution in [3.05, 3.63) is 82.2 Å². The lowest BCUT2D eigenvalue weighted by Crippen LogP contribution is -2.05. The van der Waals surface area contributed by atoms with Gasteiger partial charge in [-0.2, -0.15) is 0 Å². The maximum absolute atomic E-state index is 13.8. The number of benzene rings is 3. The fraction of sp³-hybridized carbons (Fsp3) is 0.190. The van der Waals surface area contributed by atoms with E-state index >= 15 is 0 Å². The maximum atomic E-state index is 13.8. The van der Waals surface area contributed by atoms with Crippen molar-refractivity contribution in [3.63, 3.8) is 0 Å². The third kappa shape index (κ3) is 3.30. The molecular formula is C21H19FO2. The van der Waals surface area contributed by atoms with Gasteiger partial charge in [0.05, 0.1) is 6.42 Å². The summed E-state index contributed by atoms with van der Waals surface area (Å²) < 4.78 is 13.8. The van der Waals surface area contributed by atoms with Gasteiger partial charge in [0.15, 0.2) is 0 Å². The summed E-state index contributed by atoms with van der Waals surface area (Å²) in [6.07, 6.45) is 0.625. The Kier molecular flexibility index (Phi) is 4.34. The summed E-state index contributed by atoms with van der Waals surface area (Å²) in [5, 5.41) is 10.9. The lowest BCUT2D eigenvalue weighted by Gasteiger charge is -2.15. The smallest absolute Gasteiger partial charge is 0.307 e. The number of rotatable bonds is 4. The van der Waals surface area contributed by atoms with E-state index in [4.69, 9.17) is 5.11 Å². The Morgan fingerprint density at radius 2 is 1.75 bits per heavy atom. The zero-order valence-corrected chi connectivity index (χ0v) is 13.8. The summed E-state index contributed by atoms with van der Waals surface area (Å²) >= 11 is 0. The van der Waals surface area contributed by atoms with Crippen molar-refractivity contribution in [2.45, 2.75) is 26.7 Å². The molecule has 0 saturated heterocycles. The van der Waals surface area contributed by atoms with Gasteiger partial charge in [-0.1, -0.05) is 42.0 Å². The second-order valence-electron chi connectivity index (χ2n) is 6.24. The Labute approximate surface area is 140 Å². The summed E-state index contributed by atoms with van der Waals surface area (Å²) in [6, 6.07) is 14.7. The highest BCUT2D eigenvalue weighted by Gasteiger charge is 2.13. The van der Waals surface area contributed by atoms with Crippen LogP contribution >= 0.6 is 0 Å². The molecule has 0 aromatic heterocycles. The van der Waals surface area contributed by atoms with E-state index in [1.165, 1.54) is 17.7 Å². The first kappa shape index (κ1) is 16.2. The van der Waals surface area contributed by atoms with Crippen LogP contribution in [0.4, 0.5) is 4.39 Å². The Balaban J connectivity index is 2.18. The first-order valence-electron chi connectivity index (χ1n) is 7.92. The van der Waals surface area contributed by atoms with Gasteiger partial charge in [-0.3, -0.25) is 4.79 Å². The number of hydrogen-bond acceptors (Lipinski definition) is 1. The van der Waals surface area contributed by atoms with Crippen LogP contribution in [0.5, 0.6) is 0 Å². The molecule has 0 heterocycles. The van der Waals surface area contributed by atoms with Gasteiger partial charge in [0.1, 0.15) is 5.82 Å². The molecule has 0 bridgehead atoms. The van der Waals surface area contributed by atoms with Crippen LogP contribution in [-0.4, -0.2) is 11.1 Å². The Morgan fingerprint density at radius 3 is 2.42 bits per heavy atom. The van der Waals surface area contributed by atoms with Gasteiger partial charge in [0.2, 0.25) is 0 Å². The highest BCUT2D eigenvalue weighted by molar-refractivity contribution is 5.89. The van der Waals surface area contributed by atoms with Gasteiger partial charge in [0.25, 0.3) is 0 Å². The molecule has 0 atom stereocenters. The Morgan fingerprint density at radius 1 is 1.04 bits per heavy atom. The topological polar surface area (TPSA) is 37.3 Å². The summed E-state index contributed by atoms with van der Waals surface area (Å²) in [7, 11) is 0. The van der Waals surface area contributed by atoms with Crippen LogP contribution in [0.1, 0.15) is 27.8 Å². The minimum Gasteiger partial charge on any atom is -0.481 e. The van der Waals surface area contributed by atoms with Crippen LogP contribution in [0.2, 0.25) is 0 Å². The second kappa shape index (κ2) is 6.44. The standard InChI is InChI=1S/C21H19FO2/c1-13-3-5-15(6-4-13)9-19-14(2)17(11-21(23)24)10-16-7-8-18(22)12-20(16)19/h3-8,10,12H,9,11H2,1-2H3,(H,23,24). The number of aliphatic carboxylic acids is 1. The third-order valence-corrected chi connectivity index (χ3v) is 4.45. The molecule has 0 saturated carbocycles. The molecule has 0 radical (unpaired) electrons. The number of carboxylic acids is 1. The fourth-order valence-electron chi connectivity index (χ4n) is 3.09. The van der Waals surface area contributed by atoms with Crippen molar-refractivity contribution < 1.29 is 14.3 Å². The Bertz CT molecular complexity index is 911. The lowest BCUT2D eigenvalue weighted by atomic mass is 9.89. The van der Waals surface area contributed by atoms with E-state index in [0.29, 0.717) is 6.42 Å². The minimum absolute atomic E-state index is 0.0277. The monoisotopic (exact) mass is 322 g/mol. The zero-order chi connectivity index (χ0) is 17.3. The fourth-order valence-corrected chi connectivity index (χ4v) is 3.09. The van der Waals surface area contributed by atoms with Crippen LogP contribution in [0.25, 0.3) is 10.8 Å². The number of aryl methyl sites for hydroxylation is 1. The number of hydrogen-bond donors (Lipinski definition) is 1. The molecule has 0 amide bonds. The molecule has 1 N–H and O–H groups in total. The van der Waals surface area contributed by atoms with Gasteiger partial charge >= 0.3 is 5.97 Å². The second-order valence-corrected chi connectivity index (χ2v) is 6.24. The molecule has 0 aliphatic rings. The highest BCUT2D eigenvalue weighted by Crippen LogP contribution is 2.29. The first-order valence-corrected chi connectivity index (χ1v) is 7.92. The van der Waals surface area contributed by atoms with Crippen molar-refractivity contribution in [2.75, 3.05) is 0 Å². The van der Waals surface area contributed by atoms with Gasteiger partial charge in [-0.25, -0.2) is 4.39 Å². The van der Waals surface area contributed by atoms with Crippen molar-refractivity contribution in [1.29, 1.82) is 0 Å². The average Bonchev–Trinajstić information content (AvgIpc) is 2.53. The van der Waals surface area contributed by atoms with Crippen LogP contribution in [0, 0.1) is 19.7 Å². The predicted octanol–water partition coefficient (Wildman–Crippen LogP) is 4.81. The van der Waals surface area contributed by atoms with Crippen molar-refractivity contribution in [3.8, 4) is 0 Å². The average molecular weight is 322 g/mol. The molecule has 0 spiro atoms. The molecule has 3 aromatic rings. The summed E-state index contributed by atoms with van der Waals surface area (Å²) in [5.74, 6) is -1.14. The number of carboxylic acid groups (broad SMARTS) is 1. The quantitative estimate of drug-likeness (QED) is 0.748. The van der Waals surface area contributed by atoms with Crippen LogP contribution < -0.4 is 0 Å². The maximum Gasteiger partial charge on any atom is 0.307 e. The van der Waals surface area contributed by atoms with E-state index < -0.39 is 5.97 Å². The Hall–Kier alpha value is -2.68. The number of fused-ring (bicyclic) bond motifs is 1. The molecule has 24 heavy (non-hydrogen) atoms. The minimum atomic E-state index is -0.860. The van der Waals surface area contributed by atoms with E-state index in [2.05, 4.69) is 24.3 Å². The molecule has 0 unspecified atom stereocenters. The van der Waals surface area contributed by atoms with Crippen LogP contribution in [0.3, 0.4) is 0 Å². The van der Waals surface area contributed by atoms with Gasteiger partial charge in [0, 0.05) is 0 Å². The molecule has 3 heteroatoms. The summed E-state index contributed by atoms with van der Waals surface area (Å²) in [6.45, 7) is 3.96. The van der Waals surface area contributed by atoms with Crippen molar-refractivity contribution >= 4 is 16.7 Å². The van der Waals surface area contributed by atoms with E-state index in [9.17, 15) is 9.18 Å². The molecule has 3 aromatic carbocycles. The molecule has 0 fully saturated rings. The molecule has 122 valence electrons. The summed E-state index contributed by atoms with van der Waals surface area (Å²) in [4.78, 5) is 11.2. The van der Waals surface area contributed by atoms with E-state index in [1.807, 2.05) is 19.9 Å². The van der Waals surface area contributed by atoms with Gasteiger partial charge in [-0.15, -0.1) is 0 Å². The van der Waals surface area contributed by atoms with Crippen LogP contribution in [-0.2, 0) is 17.6 Å². The van der Waals surface area contributed by atoms with Crippen LogP contribution in [0.15, 0.2) is 48.5 Å². The molecule has 2 nitrogen and oxygen atoms in total. The predicted molar refractivity (Wildman–Crippen MR) is 94.0 cm³/mol. The van der Waals surface area contributed by atoms with Crippen molar-refractivity contribution in [2.24, 2.45) is 0 Å². The largest absolute Gasteiger partial charge is 0.481 e.